The minimum absolute atomic E-state index is 0.112. The molecule has 0 radical (unpaired) electrons. The van der Waals surface area contributed by atoms with Crippen LogP contribution >= 0.6 is 0 Å². The molecule has 3 aromatic rings. The minimum Gasteiger partial charge on any atom is -0.504 e. The molecule has 26 heavy (non-hydrogen) atoms. The monoisotopic (exact) mass is 354 g/mol. The lowest BCUT2D eigenvalue weighted by atomic mass is 9.94. The van der Waals surface area contributed by atoms with Gasteiger partial charge in [0.1, 0.15) is 0 Å². The van der Waals surface area contributed by atoms with Gasteiger partial charge in [-0.2, -0.15) is 4.57 Å². The van der Waals surface area contributed by atoms with Gasteiger partial charge in [0.2, 0.25) is 11.4 Å². The van der Waals surface area contributed by atoms with Crippen molar-refractivity contribution < 1.29 is 29.0 Å². The Hall–Kier alpha value is -3.15. The van der Waals surface area contributed by atoms with Crippen LogP contribution in [0.4, 0.5) is 0 Å². The van der Waals surface area contributed by atoms with E-state index in [1.807, 2.05) is 24.4 Å². The summed E-state index contributed by atoms with van der Waals surface area (Å²) in [6, 6.07) is 7.39. The lowest BCUT2D eigenvalue weighted by molar-refractivity contribution is -0.686. The SMILES string of the molecule is COc1cc2c(c(O)c1OC)CC[n+]1cc3c(OC)c(O)ccc3cc1-2. The first-order chi connectivity index (χ1) is 12.6. The van der Waals surface area contributed by atoms with E-state index in [9.17, 15) is 10.2 Å². The van der Waals surface area contributed by atoms with Crippen LogP contribution in [-0.2, 0) is 13.0 Å². The highest BCUT2D eigenvalue weighted by molar-refractivity contribution is 5.91. The van der Waals surface area contributed by atoms with E-state index in [1.54, 1.807) is 20.3 Å². The Morgan fingerprint density at radius 1 is 0.962 bits per heavy atom. The van der Waals surface area contributed by atoms with Gasteiger partial charge in [-0.05, 0) is 23.6 Å². The van der Waals surface area contributed by atoms with Gasteiger partial charge in [-0.3, -0.25) is 0 Å². The van der Waals surface area contributed by atoms with E-state index >= 15 is 0 Å². The molecular weight excluding hydrogens is 334 g/mol. The first-order valence-electron chi connectivity index (χ1n) is 8.29. The molecule has 6 nitrogen and oxygen atoms in total. The number of hydrogen-bond donors (Lipinski definition) is 2. The topological polar surface area (TPSA) is 72.0 Å². The van der Waals surface area contributed by atoms with Crippen LogP contribution in [0.15, 0.2) is 30.5 Å². The second-order valence-corrected chi connectivity index (χ2v) is 6.21. The Balaban J connectivity index is 2.01. The summed E-state index contributed by atoms with van der Waals surface area (Å²) in [5.41, 5.74) is 2.70. The maximum Gasteiger partial charge on any atom is 0.213 e. The molecular formula is C20H20NO5+. The number of benzene rings is 2. The Kier molecular flexibility index (Phi) is 3.76. The van der Waals surface area contributed by atoms with E-state index in [1.165, 1.54) is 7.11 Å². The molecule has 0 amide bonds. The highest BCUT2D eigenvalue weighted by Crippen LogP contribution is 2.46. The number of nitrogens with zero attached hydrogens (tertiary/aromatic N) is 1. The number of methoxy groups -OCH3 is 3. The van der Waals surface area contributed by atoms with Crippen molar-refractivity contribution in [3.63, 3.8) is 0 Å². The minimum atomic E-state index is 0.112. The largest absolute Gasteiger partial charge is 0.504 e. The average Bonchev–Trinajstić information content (AvgIpc) is 2.66. The second kappa shape index (κ2) is 5.98. The van der Waals surface area contributed by atoms with Crippen molar-refractivity contribution in [1.82, 2.24) is 0 Å². The van der Waals surface area contributed by atoms with E-state index in [0.29, 0.717) is 30.2 Å². The molecule has 0 saturated heterocycles. The van der Waals surface area contributed by atoms with Crippen molar-refractivity contribution >= 4 is 10.8 Å². The summed E-state index contributed by atoms with van der Waals surface area (Å²) in [7, 11) is 4.61. The zero-order chi connectivity index (χ0) is 18.4. The van der Waals surface area contributed by atoms with Crippen LogP contribution in [-0.4, -0.2) is 31.5 Å². The van der Waals surface area contributed by atoms with Gasteiger partial charge in [0.05, 0.1) is 32.3 Å². The molecule has 2 aromatic carbocycles. The summed E-state index contributed by atoms with van der Waals surface area (Å²) in [6.07, 6.45) is 2.63. The molecule has 2 N–H and O–H groups in total. The molecule has 0 bridgehead atoms. The maximum absolute atomic E-state index is 10.6. The fourth-order valence-electron chi connectivity index (χ4n) is 3.68. The number of fused-ring (bicyclic) bond motifs is 4. The van der Waals surface area contributed by atoms with Crippen LogP contribution in [0.5, 0.6) is 28.7 Å². The fraction of sp³-hybridized carbons (Fsp3) is 0.250. The lowest BCUT2D eigenvalue weighted by Crippen LogP contribution is -2.40. The van der Waals surface area contributed by atoms with Crippen LogP contribution in [0.25, 0.3) is 22.0 Å². The quantitative estimate of drug-likeness (QED) is 0.708. The van der Waals surface area contributed by atoms with Gasteiger partial charge < -0.3 is 24.4 Å². The first kappa shape index (κ1) is 16.3. The highest BCUT2D eigenvalue weighted by Gasteiger charge is 2.30. The van der Waals surface area contributed by atoms with Gasteiger partial charge in [0, 0.05) is 18.1 Å². The summed E-state index contributed by atoms with van der Waals surface area (Å²) >= 11 is 0. The first-order valence-corrected chi connectivity index (χ1v) is 8.29. The normalized spacial score (nSPS) is 12.4. The van der Waals surface area contributed by atoms with E-state index < -0.39 is 0 Å². The van der Waals surface area contributed by atoms with Crippen molar-refractivity contribution in [3.05, 3.63) is 36.0 Å². The van der Waals surface area contributed by atoms with Gasteiger partial charge in [-0.15, -0.1) is 0 Å². The van der Waals surface area contributed by atoms with Gasteiger partial charge >= 0.3 is 0 Å². The van der Waals surface area contributed by atoms with Crippen LogP contribution in [0.1, 0.15) is 5.56 Å². The summed E-state index contributed by atoms with van der Waals surface area (Å²) < 4.78 is 18.2. The van der Waals surface area contributed by atoms with Crippen LogP contribution in [0, 0.1) is 0 Å². The molecule has 0 saturated carbocycles. The molecule has 0 fully saturated rings. The summed E-state index contributed by atoms with van der Waals surface area (Å²) in [5.74, 6) is 1.53. The molecule has 1 aromatic heterocycles. The zero-order valence-corrected chi connectivity index (χ0v) is 14.9. The van der Waals surface area contributed by atoms with Crippen molar-refractivity contribution in [2.45, 2.75) is 13.0 Å². The van der Waals surface area contributed by atoms with E-state index in [-0.39, 0.29) is 11.5 Å². The van der Waals surface area contributed by atoms with Crippen LogP contribution < -0.4 is 18.8 Å². The van der Waals surface area contributed by atoms with Crippen molar-refractivity contribution in [1.29, 1.82) is 0 Å². The van der Waals surface area contributed by atoms with Crippen molar-refractivity contribution in [2.24, 2.45) is 0 Å². The van der Waals surface area contributed by atoms with Crippen LogP contribution in [0.3, 0.4) is 0 Å². The van der Waals surface area contributed by atoms with Crippen molar-refractivity contribution in [2.75, 3.05) is 21.3 Å². The van der Waals surface area contributed by atoms with Gasteiger partial charge in [0.15, 0.2) is 35.7 Å². The molecule has 2 heterocycles. The number of aromatic nitrogens is 1. The number of phenolic OH excluding ortho intramolecular Hbond substituents is 2. The molecule has 0 spiro atoms. The molecule has 4 rings (SSSR count). The number of rotatable bonds is 3. The van der Waals surface area contributed by atoms with Gasteiger partial charge in [-0.25, -0.2) is 0 Å². The lowest BCUT2D eigenvalue weighted by Gasteiger charge is -2.20. The zero-order valence-electron chi connectivity index (χ0n) is 14.9. The Morgan fingerprint density at radius 3 is 2.42 bits per heavy atom. The predicted molar refractivity (Wildman–Crippen MR) is 96.3 cm³/mol. The second-order valence-electron chi connectivity index (χ2n) is 6.21. The smallest absolute Gasteiger partial charge is 0.213 e. The third-order valence-corrected chi connectivity index (χ3v) is 4.93. The van der Waals surface area contributed by atoms with Crippen LogP contribution in [0.2, 0.25) is 0 Å². The molecule has 1 aliphatic heterocycles. The number of pyridine rings is 1. The third-order valence-electron chi connectivity index (χ3n) is 4.93. The van der Waals surface area contributed by atoms with E-state index in [4.69, 9.17) is 14.2 Å². The van der Waals surface area contributed by atoms with Gasteiger partial charge in [-0.1, -0.05) is 0 Å². The number of aromatic hydroxyl groups is 2. The third kappa shape index (κ3) is 2.22. The highest BCUT2D eigenvalue weighted by atomic mass is 16.5. The van der Waals surface area contributed by atoms with E-state index in [0.717, 1.165) is 27.6 Å². The molecule has 1 aliphatic rings. The molecule has 0 unspecified atom stereocenters. The summed E-state index contributed by atoms with van der Waals surface area (Å²) in [6.45, 7) is 0.695. The number of aryl methyl sites for hydroxylation is 1. The standard InChI is InChI=1S/C20H19NO5/c1-24-17-9-13-12(18(23)20(17)26-3)6-7-21-10-14-11(8-15(13)21)4-5-16(22)19(14)25-2/h4-5,8-10H,6-7H2,1-3H3,(H-,22,23)/p+1. The average molecular weight is 354 g/mol. The molecule has 0 aliphatic carbocycles. The Labute approximate surface area is 150 Å². The Morgan fingerprint density at radius 2 is 1.73 bits per heavy atom. The molecule has 6 heteroatoms. The van der Waals surface area contributed by atoms with Crippen molar-refractivity contribution in [3.8, 4) is 40.0 Å². The van der Waals surface area contributed by atoms with E-state index in [2.05, 4.69) is 4.57 Å². The summed E-state index contributed by atoms with van der Waals surface area (Å²) in [4.78, 5) is 0. The molecule has 0 atom stereocenters. The number of ether oxygens (including phenoxy) is 3. The summed E-state index contributed by atoms with van der Waals surface area (Å²) in [5, 5.41) is 22.4. The number of phenols is 2. The fourth-order valence-corrected chi connectivity index (χ4v) is 3.68. The molecule has 134 valence electrons. The van der Waals surface area contributed by atoms with Gasteiger partial charge in [0.25, 0.3) is 0 Å². The Bertz CT molecular complexity index is 1030. The number of hydrogen-bond acceptors (Lipinski definition) is 5. The maximum atomic E-state index is 10.6. The predicted octanol–water partition coefficient (Wildman–Crippen LogP) is 2.79.